The fraction of sp³-hybridized carbons (Fsp3) is 0.333. The van der Waals surface area contributed by atoms with Crippen LogP contribution in [-0.2, 0) is 29.4 Å². The minimum absolute atomic E-state index is 0.121. The first-order valence-corrected chi connectivity index (χ1v) is 8.09. The Kier molecular flexibility index (Phi) is 4.92. The Morgan fingerprint density at radius 2 is 1.96 bits per heavy atom. The van der Waals surface area contributed by atoms with E-state index in [1.807, 2.05) is 32.3 Å². The first-order chi connectivity index (χ1) is 12.1. The Hall–Kier alpha value is -2.96. The van der Waals surface area contributed by atoms with Gasteiger partial charge >= 0.3 is 5.97 Å². The highest BCUT2D eigenvalue weighted by atomic mass is 16.5. The van der Waals surface area contributed by atoms with Gasteiger partial charge in [-0.25, -0.2) is 9.97 Å². The van der Waals surface area contributed by atoms with Crippen molar-refractivity contribution >= 4 is 22.8 Å². The van der Waals surface area contributed by atoms with Crippen LogP contribution in [-0.4, -0.2) is 46.4 Å². The summed E-state index contributed by atoms with van der Waals surface area (Å²) >= 11 is 0. The van der Waals surface area contributed by atoms with Crippen molar-refractivity contribution in [3.8, 4) is 0 Å². The second-order valence-electron chi connectivity index (χ2n) is 5.89. The summed E-state index contributed by atoms with van der Waals surface area (Å²) in [7, 11) is 5.04. The Bertz CT molecular complexity index is 876. The number of anilines is 1. The molecule has 0 saturated carbocycles. The summed E-state index contributed by atoms with van der Waals surface area (Å²) in [6.07, 6.45) is 3.29. The summed E-state index contributed by atoms with van der Waals surface area (Å²) in [5.41, 5.74) is 1.99. The molecule has 0 aliphatic rings. The highest BCUT2D eigenvalue weighted by molar-refractivity contribution is 5.88. The lowest BCUT2D eigenvalue weighted by atomic mass is 10.1. The molecule has 3 rings (SSSR count). The van der Waals surface area contributed by atoms with E-state index >= 15 is 0 Å². The van der Waals surface area contributed by atoms with Gasteiger partial charge in [0.1, 0.15) is 18.2 Å². The monoisotopic (exact) mass is 339 g/mol. The van der Waals surface area contributed by atoms with Crippen molar-refractivity contribution < 1.29 is 9.53 Å². The Morgan fingerprint density at radius 1 is 1.20 bits per heavy atom. The summed E-state index contributed by atoms with van der Waals surface area (Å²) < 4.78 is 6.47. The van der Waals surface area contributed by atoms with Crippen LogP contribution < -0.4 is 4.90 Å². The zero-order chi connectivity index (χ0) is 17.8. The number of rotatable bonds is 6. The number of hydrogen-bond acceptors (Lipinski definition) is 6. The second kappa shape index (κ2) is 7.29. The van der Waals surface area contributed by atoms with E-state index in [4.69, 9.17) is 4.74 Å². The maximum atomic E-state index is 11.6. The molecule has 0 aliphatic carbocycles. The van der Waals surface area contributed by atoms with Crippen LogP contribution >= 0.6 is 0 Å². The molecule has 0 radical (unpaired) electrons. The smallest absolute Gasteiger partial charge is 0.325 e. The number of carbonyl (C=O) groups is 1. The van der Waals surface area contributed by atoms with Crippen molar-refractivity contribution in [2.75, 3.05) is 25.6 Å². The second-order valence-corrected chi connectivity index (χ2v) is 5.89. The number of ether oxygens (including phenoxy) is 1. The van der Waals surface area contributed by atoms with Gasteiger partial charge in [0.2, 0.25) is 0 Å². The number of nitrogens with zero attached hydrogens (tertiary/aromatic N) is 5. The molecule has 7 heteroatoms. The largest absolute Gasteiger partial charge is 0.468 e. The highest BCUT2D eigenvalue weighted by Crippen LogP contribution is 2.23. The molecule has 0 bridgehead atoms. The summed E-state index contributed by atoms with van der Waals surface area (Å²) in [4.78, 5) is 22.7. The predicted octanol–water partition coefficient (Wildman–Crippen LogP) is 1.76. The number of carbonyl (C=O) groups excluding carboxylic acids is 1. The lowest BCUT2D eigenvalue weighted by Gasteiger charge is -2.18. The Balaban J connectivity index is 1.91. The van der Waals surface area contributed by atoms with Crippen molar-refractivity contribution in [3.05, 3.63) is 47.9 Å². The summed E-state index contributed by atoms with van der Waals surface area (Å²) in [6.45, 7) is 0.121. The van der Waals surface area contributed by atoms with E-state index in [9.17, 15) is 4.79 Å². The van der Waals surface area contributed by atoms with Gasteiger partial charge in [-0.15, -0.1) is 0 Å². The first kappa shape index (κ1) is 16.9. The molecule has 0 atom stereocenters. The average Bonchev–Trinajstić information content (AvgIpc) is 3.01. The normalized spacial score (nSPS) is 10.8. The Morgan fingerprint density at radius 3 is 2.68 bits per heavy atom. The molecule has 3 aromatic rings. The molecule has 0 spiro atoms. The van der Waals surface area contributed by atoms with Gasteiger partial charge in [0.05, 0.1) is 18.7 Å². The molecule has 7 nitrogen and oxygen atoms in total. The third-order valence-corrected chi connectivity index (χ3v) is 4.05. The van der Waals surface area contributed by atoms with E-state index in [1.54, 1.807) is 15.8 Å². The van der Waals surface area contributed by atoms with Gasteiger partial charge in [-0.05, 0) is 12.0 Å². The molecule has 0 aliphatic heterocycles. The predicted molar refractivity (Wildman–Crippen MR) is 95.4 cm³/mol. The lowest BCUT2D eigenvalue weighted by molar-refractivity contribution is -0.138. The summed E-state index contributed by atoms with van der Waals surface area (Å²) in [5, 5.41) is 5.09. The SMILES string of the molecule is COC(=O)CN(C)c1nc(CCc2ccccc2)nc2c1cnn2C. The number of aromatic nitrogens is 4. The average molecular weight is 339 g/mol. The third-order valence-electron chi connectivity index (χ3n) is 4.05. The molecule has 25 heavy (non-hydrogen) atoms. The molecule has 130 valence electrons. The maximum Gasteiger partial charge on any atom is 0.325 e. The first-order valence-electron chi connectivity index (χ1n) is 8.09. The third kappa shape index (κ3) is 3.76. The van der Waals surface area contributed by atoms with Gasteiger partial charge in [-0.1, -0.05) is 30.3 Å². The van der Waals surface area contributed by atoms with Crippen LogP contribution in [0, 0.1) is 0 Å². The molecule has 1 aromatic carbocycles. The zero-order valence-electron chi connectivity index (χ0n) is 14.6. The maximum absolute atomic E-state index is 11.6. The van der Waals surface area contributed by atoms with E-state index in [0.717, 1.165) is 23.3 Å². The quantitative estimate of drug-likeness (QED) is 0.637. The van der Waals surface area contributed by atoms with Crippen molar-refractivity contribution in [2.45, 2.75) is 12.8 Å². The number of hydrogen-bond donors (Lipinski definition) is 0. The van der Waals surface area contributed by atoms with Crippen molar-refractivity contribution in [3.63, 3.8) is 0 Å². The van der Waals surface area contributed by atoms with E-state index in [-0.39, 0.29) is 12.5 Å². The fourth-order valence-corrected chi connectivity index (χ4v) is 2.69. The fourth-order valence-electron chi connectivity index (χ4n) is 2.69. The van der Waals surface area contributed by atoms with Crippen LogP contribution in [0.1, 0.15) is 11.4 Å². The van der Waals surface area contributed by atoms with Gasteiger partial charge < -0.3 is 9.64 Å². The van der Waals surface area contributed by atoms with Crippen LogP contribution in [0.5, 0.6) is 0 Å². The number of aryl methyl sites for hydroxylation is 3. The van der Waals surface area contributed by atoms with Crippen LogP contribution in [0.3, 0.4) is 0 Å². The van der Waals surface area contributed by atoms with Crippen molar-refractivity contribution in [1.29, 1.82) is 0 Å². The van der Waals surface area contributed by atoms with E-state index in [0.29, 0.717) is 12.2 Å². The molecule has 0 unspecified atom stereocenters. The molecule has 0 fully saturated rings. The molecular weight excluding hydrogens is 318 g/mol. The lowest BCUT2D eigenvalue weighted by Crippen LogP contribution is -2.27. The minimum Gasteiger partial charge on any atom is -0.468 e. The van der Waals surface area contributed by atoms with E-state index in [2.05, 4.69) is 27.2 Å². The number of methoxy groups -OCH3 is 1. The van der Waals surface area contributed by atoms with Crippen LogP contribution in [0.15, 0.2) is 36.5 Å². The van der Waals surface area contributed by atoms with Crippen LogP contribution in [0.25, 0.3) is 11.0 Å². The van der Waals surface area contributed by atoms with Gasteiger partial charge in [-0.2, -0.15) is 5.10 Å². The highest BCUT2D eigenvalue weighted by Gasteiger charge is 2.17. The van der Waals surface area contributed by atoms with Gasteiger partial charge in [-0.3, -0.25) is 9.48 Å². The standard InChI is InChI=1S/C18H21N5O2/c1-22(12-16(24)25-3)17-14-11-19-23(2)18(14)21-15(20-17)10-9-13-7-5-4-6-8-13/h4-8,11H,9-10,12H2,1-3H3. The number of benzene rings is 1. The number of likely N-dealkylation sites (N-methyl/N-ethyl adjacent to an activating group) is 1. The number of fused-ring (bicyclic) bond motifs is 1. The van der Waals surface area contributed by atoms with Crippen LogP contribution in [0.2, 0.25) is 0 Å². The molecular formula is C18H21N5O2. The van der Waals surface area contributed by atoms with E-state index < -0.39 is 0 Å². The molecule has 2 heterocycles. The van der Waals surface area contributed by atoms with Gasteiger partial charge in [0.25, 0.3) is 0 Å². The van der Waals surface area contributed by atoms with Crippen molar-refractivity contribution in [1.82, 2.24) is 19.7 Å². The topological polar surface area (TPSA) is 73.1 Å². The minimum atomic E-state index is -0.316. The van der Waals surface area contributed by atoms with Crippen molar-refractivity contribution in [2.24, 2.45) is 7.05 Å². The van der Waals surface area contributed by atoms with Gasteiger partial charge in [0.15, 0.2) is 5.65 Å². The molecule has 0 amide bonds. The summed E-state index contributed by atoms with van der Waals surface area (Å²) in [6, 6.07) is 10.2. The van der Waals surface area contributed by atoms with Crippen LogP contribution in [0.4, 0.5) is 5.82 Å². The Labute approximate surface area is 146 Å². The van der Waals surface area contributed by atoms with E-state index in [1.165, 1.54) is 12.7 Å². The summed E-state index contributed by atoms with van der Waals surface area (Å²) in [5.74, 6) is 1.10. The zero-order valence-corrected chi connectivity index (χ0v) is 14.6. The molecule has 0 saturated heterocycles. The molecule has 2 aromatic heterocycles. The molecule has 0 N–H and O–H groups in total. The van der Waals surface area contributed by atoms with Gasteiger partial charge in [0, 0.05) is 20.5 Å². The number of esters is 1.